The number of imidazole rings is 1. The van der Waals surface area contributed by atoms with Crippen molar-refractivity contribution in [3.63, 3.8) is 0 Å². The second kappa shape index (κ2) is 7.22. The molecule has 3 aromatic heterocycles. The van der Waals surface area contributed by atoms with Gasteiger partial charge in [-0.2, -0.15) is 18.3 Å². The second-order valence-corrected chi connectivity index (χ2v) is 7.57. The Labute approximate surface area is 169 Å². The van der Waals surface area contributed by atoms with Crippen molar-refractivity contribution in [2.45, 2.75) is 32.5 Å². The van der Waals surface area contributed by atoms with Gasteiger partial charge in [-0.15, -0.1) is 0 Å². The van der Waals surface area contributed by atoms with Crippen LogP contribution in [0.1, 0.15) is 26.0 Å². The van der Waals surface area contributed by atoms with Gasteiger partial charge in [0.1, 0.15) is 17.8 Å². The van der Waals surface area contributed by atoms with Crippen molar-refractivity contribution in [3.05, 3.63) is 36.4 Å². The highest BCUT2D eigenvalue weighted by Crippen LogP contribution is 2.32. The van der Waals surface area contributed by atoms with E-state index in [1.165, 1.54) is 18.6 Å². The van der Waals surface area contributed by atoms with Crippen LogP contribution in [0.2, 0.25) is 0 Å². The van der Waals surface area contributed by atoms with Crippen LogP contribution in [0, 0.1) is 11.8 Å². The molecular formula is C19H19F3N6O2. The summed E-state index contributed by atoms with van der Waals surface area (Å²) in [4.78, 5) is 26.1. The zero-order valence-corrected chi connectivity index (χ0v) is 16.2. The molecule has 158 valence electrons. The minimum absolute atomic E-state index is 0.146. The molecule has 1 aliphatic rings. The summed E-state index contributed by atoms with van der Waals surface area (Å²) >= 11 is 0. The van der Waals surface area contributed by atoms with Crippen molar-refractivity contribution in [2.75, 3.05) is 11.4 Å². The highest BCUT2D eigenvalue weighted by Gasteiger charge is 2.37. The van der Waals surface area contributed by atoms with Gasteiger partial charge in [0.15, 0.2) is 11.3 Å². The zero-order valence-electron chi connectivity index (χ0n) is 16.2. The van der Waals surface area contributed by atoms with Gasteiger partial charge in [-0.3, -0.25) is 4.79 Å². The maximum absolute atomic E-state index is 13.1. The number of halogens is 3. The molecule has 11 heteroatoms. The number of aromatic nitrogens is 5. The monoisotopic (exact) mass is 420 g/mol. The lowest BCUT2D eigenvalue weighted by atomic mass is 9.84. The highest BCUT2D eigenvalue weighted by molar-refractivity contribution is 5.72. The van der Waals surface area contributed by atoms with E-state index < -0.39 is 23.8 Å². The molecule has 0 aliphatic carbocycles. The molecule has 0 radical (unpaired) electrons. The first-order valence-corrected chi connectivity index (χ1v) is 9.39. The van der Waals surface area contributed by atoms with E-state index in [4.69, 9.17) is 0 Å². The number of alkyl halides is 3. The summed E-state index contributed by atoms with van der Waals surface area (Å²) in [6.45, 7) is 4.42. The van der Waals surface area contributed by atoms with Crippen molar-refractivity contribution in [2.24, 2.45) is 11.8 Å². The minimum Gasteiger partial charge on any atom is -0.481 e. The van der Waals surface area contributed by atoms with Gasteiger partial charge < -0.3 is 10.0 Å². The van der Waals surface area contributed by atoms with Crippen LogP contribution in [0.25, 0.3) is 17.0 Å². The van der Waals surface area contributed by atoms with Crippen LogP contribution >= 0.6 is 0 Å². The SMILES string of the molecule is CC1CC(C(=O)O)C(C)N(c2cc(-c3cnc4ccc(C(F)(F)F)nn34)ncn2)C1. The number of piperidine rings is 1. The number of carboxylic acids is 1. The predicted molar refractivity (Wildman–Crippen MR) is 101 cm³/mol. The van der Waals surface area contributed by atoms with Gasteiger partial charge in [0, 0.05) is 18.7 Å². The zero-order chi connectivity index (χ0) is 21.6. The number of aliphatic carboxylic acids is 1. The molecule has 1 aliphatic heterocycles. The molecule has 4 heterocycles. The predicted octanol–water partition coefficient (Wildman–Crippen LogP) is 3.14. The van der Waals surface area contributed by atoms with Crippen molar-refractivity contribution in [1.29, 1.82) is 0 Å². The van der Waals surface area contributed by atoms with Crippen LogP contribution in [0.5, 0.6) is 0 Å². The van der Waals surface area contributed by atoms with E-state index in [-0.39, 0.29) is 23.3 Å². The first kappa shape index (κ1) is 20.0. The average molecular weight is 420 g/mol. The smallest absolute Gasteiger partial charge is 0.435 e. The Morgan fingerprint density at radius 3 is 2.67 bits per heavy atom. The number of carboxylic acid groups (broad SMARTS) is 1. The molecule has 0 bridgehead atoms. The maximum Gasteiger partial charge on any atom is 0.435 e. The number of hydrogen-bond donors (Lipinski definition) is 1. The number of anilines is 1. The molecule has 0 saturated carbocycles. The van der Waals surface area contributed by atoms with Crippen LogP contribution in [0.3, 0.4) is 0 Å². The quantitative estimate of drug-likeness (QED) is 0.695. The number of nitrogens with zero attached hydrogens (tertiary/aromatic N) is 6. The third-order valence-electron chi connectivity index (χ3n) is 5.42. The largest absolute Gasteiger partial charge is 0.481 e. The molecule has 1 saturated heterocycles. The standard InChI is InChI=1S/C19H19F3N6O2/c1-10-5-12(18(29)30)11(2)27(8-10)17-6-13(24-9-25-17)14-7-23-16-4-3-15(19(20,21)22)26-28(14)16/h3-4,6-7,9-12H,5,8H2,1-2H3,(H,29,30). The second-order valence-electron chi connectivity index (χ2n) is 7.57. The van der Waals surface area contributed by atoms with Crippen LogP contribution < -0.4 is 4.90 Å². The lowest BCUT2D eigenvalue weighted by Crippen LogP contribution is -2.49. The van der Waals surface area contributed by atoms with Crippen LogP contribution in [-0.4, -0.2) is 48.2 Å². The lowest BCUT2D eigenvalue weighted by molar-refractivity contribution is -0.143. The Hall–Kier alpha value is -3.24. The molecule has 30 heavy (non-hydrogen) atoms. The van der Waals surface area contributed by atoms with Crippen LogP contribution in [0.15, 0.2) is 30.7 Å². The third-order valence-corrected chi connectivity index (χ3v) is 5.42. The van der Waals surface area contributed by atoms with E-state index in [1.54, 1.807) is 6.07 Å². The maximum atomic E-state index is 13.1. The van der Waals surface area contributed by atoms with Crippen molar-refractivity contribution in [3.8, 4) is 11.4 Å². The Morgan fingerprint density at radius 2 is 1.97 bits per heavy atom. The fourth-order valence-electron chi connectivity index (χ4n) is 3.88. The number of hydrogen-bond acceptors (Lipinski definition) is 6. The molecule has 3 unspecified atom stereocenters. The normalized spacial score (nSPS) is 22.4. The molecule has 8 nitrogen and oxygen atoms in total. The van der Waals surface area contributed by atoms with Crippen molar-refractivity contribution >= 4 is 17.4 Å². The molecule has 3 atom stereocenters. The summed E-state index contributed by atoms with van der Waals surface area (Å²) in [6.07, 6.45) is -1.31. The Morgan fingerprint density at radius 1 is 1.20 bits per heavy atom. The topological polar surface area (TPSA) is 96.5 Å². The van der Waals surface area contributed by atoms with Crippen molar-refractivity contribution < 1.29 is 23.1 Å². The van der Waals surface area contributed by atoms with Gasteiger partial charge in [0.25, 0.3) is 0 Å². The average Bonchev–Trinajstić information content (AvgIpc) is 3.12. The van der Waals surface area contributed by atoms with Crippen molar-refractivity contribution in [1.82, 2.24) is 24.6 Å². The Kier molecular flexibility index (Phi) is 4.83. The summed E-state index contributed by atoms with van der Waals surface area (Å²) in [6, 6.07) is 3.45. The van der Waals surface area contributed by atoms with Crippen LogP contribution in [-0.2, 0) is 11.0 Å². The first-order chi connectivity index (χ1) is 14.1. The molecule has 0 aromatic carbocycles. The van der Waals surface area contributed by atoms with E-state index in [0.717, 1.165) is 10.6 Å². The molecular weight excluding hydrogens is 401 g/mol. The Bertz CT molecular complexity index is 1100. The molecule has 1 N–H and O–H groups in total. The van der Waals surface area contributed by atoms with E-state index in [0.29, 0.717) is 24.5 Å². The molecule has 4 rings (SSSR count). The molecule has 0 amide bonds. The van der Waals surface area contributed by atoms with E-state index in [9.17, 15) is 23.1 Å². The first-order valence-electron chi connectivity index (χ1n) is 9.39. The number of rotatable bonds is 3. The van der Waals surface area contributed by atoms with E-state index >= 15 is 0 Å². The minimum atomic E-state index is -4.59. The summed E-state index contributed by atoms with van der Waals surface area (Å²) in [7, 11) is 0. The third kappa shape index (κ3) is 3.55. The van der Waals surface area contributed by atoms with Crippen LogP contribution in [0.4, 0.5) is 19.0 Å². The number of carbonyl (C=O) groups is 1. The van der Waals surface area contributed by atoms with E-state index in [1.807, 2.05) is 18.7 Å². The molecule has 3 aromatic rings. The van der Waals surface area contributed by atoms with Gasteiger partial charge in [0.05, 0.1) is 17.8 Å². The molecule has 0 spiro atoms. The van der Waals surface area contributed by atoms with Gasteiger partial charge in [-0.25, -0.2) is 19.5 Å². The lowest BCUT2D eigenvalue weighted by Gasteiger charge is -2.41. The van der Waals surface area contributed by atoms with E-state index in [2.05, 4.69) is 20.1 Å². The Balaban J connectivity index is 1.74. The van der Waals surface area contributed by atoms with Gasteiger partial charge >= 0.3 is 12.1 Å². The summed E-state index contributed by atoms with van der Waals surface area (Å²) in [5.41, 5.74) is -0.153. The molecule has 1 fully saturated rings. The fraction of sp³-hybridized carbons (Fsp3) is 0.421. The summed E-state index contributed by atoms with van der Waals surface area (Å²) in [5, 5.41) is 13.2. The number of fused-ring (bicyclic) bond motifs is 1. The highest BCUT2D eigenvalue weighted by atomic mass is 19.4. The fourth-order valence-corrected chi connectivity index (χ4v) is 3.88. The van der Waals surface area contributed by atoms with Gasteiger partial charge in [-0.05, 0) is 31.4 Å². The summed E-state index contributed by atoms with van der Waals surface area (Å²) in [5.74, 6) is -0.752. The van der Waals surface area contributed by atoms with Gasteiger partial charge in [-0.1, -0.05) is 6.92 Å². The summed E-state index contributed by atoms with van der Waals surface area (Å²) < 4.78 is 40.3. The van der Waals surface area contributed by atoms with Gasteiger partial charge in [0.2, 0.25) is 0 Å².